The van der Waals surface area contributed by atoms with Crippen LogP contribution in [0.4, 0.5) is 0 Å². The van der Waals surface area contributed by atoms with Gasteiger partial charge in [-0.15, -0.1) is 0 Å². The van der Waals surface area contributed by atoms with Crippen molar-refractivity contribution >= 4 is 21.8 Å². The van der Waals surface area contributed by atoms with Crippen LogP contribution in [-0.2, 0) is 5.54 Å². The Bertz CT molecular complexity index is 751. The maximum absolute atomic E-state index is 6.56. The van der Waals surface area contributed by atoms with Crippen LogP contribution in [0, 0.1) is 0 Å². The number of H-pyrrole nitrogens is 1. The van der Waals surface area contributed by atoms with Crippen molar-refractivity contribution in [3.63, 3.8) is 0 Å². The first-order valence-electron chi connectivity index (χ1n) is 6.91. The van der Waals surface area contributed by atoms with Crippen LogP contribution in [-0.4, -0.2) is 9.97 Å². The van der Waals surface area contributed by atoms with Crippen LogP contribution < -0.4 is 5.73 Å². The van der Waals surface area contributed by atoms with Gasteiger partial charge in [0, 0.05) is 28.0 Å². The van der Waals surface area contributed by atoms with E-state index >= 15 is 0 Å². The first-order valence-corrected chi connectivity index (χ1v) is 6.91. The molecule has 1 aliphatic carbocycles. The van der Waals surface area contributed by atoms with Crippen LogP contribution in [0.25, 0.3) is 21.8 Å². The molecule has 2 heterocycles. The fourth-order valence-electron chi connectivity index (χ4n) is 3.35. The summed E-state index contributed by atoms with van der Waals surface area (Å²) in [5, 5.41) is 2.49. The minimum absolute atomic E-state index is 0.120. The number of hydrogen-bond donors (Lipinski definition) is 2. The Labute approximate surface area is 111 Å². The van der Waals surface area contributed by atoms with Crippen molar-refractivity contribution in [2.24, 2.45) is 5.73 Å². The lowest BCUT2D eigenvalue weighted by molar-refractivity contribution is 0.462. The van der Waals surface area contributed by atoms with E-state index in [9.17, 15) is 0 Å². The number of nitrogens with two attached hydrogens (primary N) is 1. The van der Waals surface area contributed by atoms with Gasteiger partial charge in [-0.25, -0.2) is 0 Å². The highest BCUT2D eigenvalue weighted by atomic mass is 14.8. The predicted molar refractivity (Wildman–Crippen MR) is 77.9 cm³/mol. The van der Waals surface area contributed by atoms with Gasteiger partial charge in [0.2, 0.25) is 0 Å². The van der Waals surface area contributed by atoms with E-state index in [4.69, 9.17) is 5.73 Å². The SMILES string of the molecule is NC1(c2ccc3[nH]c4cnccc4c3c2)CCCC1. The number of nitrogens with one attached hydrogen (secondary N) is 1. The van der Waals surface area contributed by atoms with Gasteiger partial charge in [0.1, 0.15) is 0 Å². The number of rotatable bonds is 1. The molecule has 0 spiro atoms. The lowest BCUT2D eigenvalue weighted by Gasteiger charge is -2.24. The maximum atomic E-state index is 6.56. The van der Waals surface area contributed by atoms with E-state index in [1.165, 1.54) is 29.2 Å². The molecule has 3 N–H and O–H groups in total. The molecule has 3 heteroatoms. The van der Waals surface area contributed by atoms with Crippen molar-refractivity contribution in [3.05, 3.63) is 42.2 Å². The molecule has 1 fully saturated rings. The summed E-state index contributed by atoms with van der Waals surface area (Å²) >= 11 is 0. The predicted octanol–water partition coefficient (Wildman–Crippen LogP) is 3.44. The number of aromatic nitrogens is 2. The molecule has 3 aromatic rings. The molecule has 19 heavy (non-hydrogen) atoms. The van der Waals surface area contributed by atoms with Gasteiger partial charge in [-0.2, -0.15) is 0 Å². The lowest BCUT2D eigenvalue weighted by atomic mass is 9.88. The van der Waals surface area contributed by atoms with Crippen molar-refractivity contribution in [1.82, 2.24) is 9.97 Å². The van der Waals surface area contributed by atoms with Crippen molar-refractivity contribution in [3.8, 4) is 0 Å². The summed E-state index contributed by atoms with van der Waals surface area (Å²) < 4.78 is 0. The highest BCUT2D eigenvalue weighted by Gasteiger charge is 2.31. The molecular weight excluding hydrogens is 234 g/mol. The Kier molecular flexibility index (Phi) is 2.21. The number of fused-ring (bicyclic) bond motifs is 3. The summed E-state index contributed by atoms with van der Waals surface area (Å²) in [4.78, 5) is 7.57. The summed E-state index contributed by atoms with van der Waals surface area (Å²) in [6.45, 7) is 0. The van der Waals surface area contributed by atoms with Crippen LogP contribution in [0.15, 0.2) is 36.7 Å². The molecule has 0 unspecified atom stereocenters. The summed E-state index contributed by atoms with van der Waals surface area (Å²) in [7, 11) is 0. The molecular formula is C16H17N3. The summed E-state index contributed by atoms with van der Waals surface area (Å²) in [5.74, 6) is 0. The number of nitrogens with zero attached hydrogens (tertiary/aromatic N) is 1. The number of benzene rings is 1. The second-order valence-corrected chi connectivity index (χ2v) is 5.67. The van der Waals surface area contributed by atoms with Gasteiger partial charge in [-0.1, -0.05) is 18.9 Å². The van der Waals surface area contributed by atoms with Crippen molar-refractivity contribution in [1.29, 1.82) is 0 Å². The Morgan fingerprint density at radius 1 is 1.05 bits per heavy atom. The van der Waals surface area contributed by atoms with E-state index in [2.05, 4.69) is 34.2 Å². The molecule has 1 aliphatic rings. The monoisotopic (exact) mass is 251 g/mol. The molecule has 2 aromatic heterocycles. The average molecular weight is 251 g/mol. The highest BCUT2D eigenvalue weighted by molar-refractivity contribution is 6.07. The van der Waals surface area contributed by atoms with Gasteiger partial charge < -0.3 is 10.7 Å². The molecule has 0 aliphatic heterocycles. The zero-order valence-corrected chi connectivity index (χ0v) is 10.8. The third-order valence-corrected chi connectivity index (χ3v) is 4.47. The van der Waals surface area contributed by atoms with Crippen LogP contribution in [0.1, 0.15) is 31.2 Å². The van der Waals surface area contributed by atoms with Gasteiger partial charge in [-0.3, -0.25) is 4.98 Å². The third-order valence-electron chi connectivity index (χ3n) is 4.47. The van der Waals surface area contributed by atoms with E-state index in [-0.39, 0.29) is 5.54 Å². The van der Waals surface area contributed by atoms with Crippen LogP contribution >= 0.6 is 0 Å². The van der Waals surface area contributed by atoms with E-state index in [0.717, 1.165) is 23.9 Å². The van der Waals surface area contributed by atoms with Gasteiger partial charge in [0.25, 0.3) is 0 Å². The summed E-state index contributed by atoms with van der Waals surface area (Å²) in [5.41, 5.74) is 9.97. The smallest absolute Gasteiger partial charge is 0.0651 e. The minimum Gasteiger partial charge on any atom is -0.353 e. The van der Waals surface area contributed by atoms with Gasteiger partial charge >= 0.3 is 0 Å². The van der Waals surface area contributed by atoms with Crippen molar-refractivity contribution in [2.45, 2.75) is 31.2 Å². The molecule has 0 atom stereocenters. The summed E-state index contributed by atoms with van der Waals surface area (Å²) in [6, 6.07) is 8.66. The fourth-order valence-corrected chi connectivity index (χ4v) is 3.35. The molecule has 96 valence electrons. The molecule has 1 saturated carbocycles. The molecule has 0 saturated heterocycles. The highest BCUT2D eigenvalue weighted by Crippen LogP contribution is 2.38. The van der Waals surface area contributed by atoms with Gasteiger partial charge in [0.05, 0.1) is 11.7 Å². The number of aromatic amines is 1. The number of pyridine rings is 1. The molecule has 4 rings (SSSR count). The van der Waals surface area contributed by atoms with E-state index in [1.54, 1.807) is 0 Å². The normalized spacial score (nSPS) is 18.4. The molecule has 0 amide bonds. The second-order valence-electron chi connectivity index (χ2n) is 5.67. The standard InChI is InChI=1S/C16H17N3/c17-16(6-1-2-7-16)11-3-4-14-13(9-11)12-5-8-18-10-15(12)19-14/h3-5,8-10,19H,1-2,6-7,17H2. The Balaban J connectivity index is 1.97. The average Bonchev–Trinajstić information content (AvgIpc) is 3.02. The first kappa shape index (κ1) is 11.0. The minimum atomic E-state index is -0.120. The van der Waals surface area contributed by atoms with Crippen LogP contribution in [0.5, 0.6) is 0 Å². The molecule has 3 nitrogen and oxygen atoms in total. The van der Waals surface area contributed by atoms with E-state index in [1.807, 2.05) is 12.4 Å². The number of hydrogen-bond acceptors (Lipinski definition) is 2. The van der Waals surface area contributed by atoms with Gasteiger partial charge in [-0.05, 0) is 36.6 Å². The topological polar surface area (TPSA) is 54.7 Å². The zero-order valence-electron chi connectivity index (χ0n) is 10.8. The Morgan fingerprint density at radius 3 is 2.74 bits per heavy atom. The summed E-state index contributed by atoms with van der Waals surface area (Å²) in [6.07, 6.45) is 8.41. The van der Waals surface area contributed by atoms with Crippen molar-refractivity contribution in [2.75, 3.05) is 0 Å². The van der Waals surface area contributed by atoms with Crippen LogP contribution in [0.2, 0.25) is 0 Å². The Hall–Kier alpha value is -1.87. The molecule has 0 bridgehead atoms. The quantitative estimate of drug-likeness (QED) is 0.696. The van der Waals surface area contributed by atoms with Crippen molar-refractivity contribution < 1.29 is 0 Å². The van der Waals surface area contributed by atoms with Crippen LogP contribution in [0.3, 0.4) is 0 Å². The molecule has 0 radical (unpaired) electrons. The first-order chi connectivity index (χ1) is 9.26. The van der Waals surface area contributed by atoms with Gasteiger partial charge in [0.15, 0.2) is 0 Å². The van der Waals surface area contributed by atoms with E-state index in [0.29, 0.717) is 0 Å². The lowest BCUT2D eigenvalue weighted by Crippen LogP contribution is -2.32. The third kappa shape index (κ3) is 1.58. The molecule has 1 aromatic carbocycles. The fraction of sp³-hybridized carbons (Fsp3) is 0.312. The van der Waals surface area contributed by atoms with E-state index < -0.39 is 0 Å². The Morgan fingerprint density at radius 2 is 1.89 bits per heavy atom. The maximum Gasteiger partial charge on any atom is 0.0651 e. The second kappa shape index (κ2) is 3.81. The zero-order chi connectivity index (χ0) is 12.9. The largest absolute Gasteiger partial charge is 0.353 e.